The van der Waals surface area contributed by atoms with Crippen LogP contribution in [0.4, 0.5) is 4.39 Å². The van der Waals surface area contributed by atoms with Gasteiger partial charge in [-0.25, -0.2) is 9.37 Å². The lowest BCUT2D eigenvalue weighted by Gasteiger charge is -2.07. The molecule has 0 bridgehead atoms. The quantitative estimate of drug-likeness (QED) is 0.905. The van der Waals surface area contributed by atoms with Crippen LogP contribution in [0, 0.1) is 12.7 Å². The zero-order valence-electron chi connectivity index (χ0n) is 10.5. The summed E-state index contributed by atoms with van der Waals surface area (Å²) in [7, 11) is 0. The summed E-state index contributed by atoms with van der Waals surface area (Å²) >= 11 is 0. The fraction of sp³-hybridized carbons (Fsp3) is 0.286. The smallest absolute Gasteiger partial charge is 0.254 e. The highest BCUT2D eigenvalue weighted by molar-refractivity contribution is 5.62. The van der Waals surface area contributed by atoms with E-state index in [2.05, 4.69) is 9.97 Å². The van der Waals surface area contributed by atoms with Gasteiger partial charge < -0.3 is 4.98 Å². The summed E-state index contributed by atoms with van der Waals surface area (Å²) in [6, 6.07) is 6.02. The van der Waals surface area contributed by atoms with E-state index in [0.717, 1.165) is 18.4 Å². The molecule has 0 aliphatic heterocycles. The van der Waals surface area contributed by atoms with Crippen molar-refractivity contribution in [3.63, 3.8) is 0 Å². The minimum Gasteiger partial charge on any atom is -0.310 e. The van der Waals surface area contributed by atoms with Gasteiger partial charge in [-0.05, 0) is 37.6 Å². The van der Waals surface area contributed by atoms with Gasteiger partial charge in [0, 0.05) is 17.5 Å². The Morgan fingerprint density at radius 1 is 1.28 bits per heavy atom. The molecule has 0 unspecified atom stereocenters. The van der Waals surface area contributed by atoms with Crippen LogP contribution < -0.4 is 5.56 Å². The fourth-order valence-corrected chi connectivity index (χ4v) is 1.82. The first-order valence-electron chi connectivity index (χ1n) is 5.97. The third-order valence-corrected chi connectivity index (χ3v) is 2.80. The zero-order valence-corrected chi connectivity index (χ0v) is 10.5. The van der Waals surface area contributed by atoms with Crippen LogP contribution in [0.25, 0.3) is 11.3 Å². The summed E-state index contributed by atoms with van der Waals surface area (Å²) in [5.74, 6) is 0.377. The van der Waals surface area contributed by atoms with E-state index in [-0.39, 0.29) is 11.4 Å². The molecule has 2 rings (SSSR count). The van der Waals surface area contributed by atoms with E-state index >= 15 is 0 Å². The van der Waals surface area contributed by atoms with E-state index in [9.17, 15) is 9.18 Å². The minimum atomic E-state index is -0.296. The molecule has 0 aliphatic rings. The first-order valence-corrected chi connectivity index (χ1v) is 5.97. The SMILES string of the molecule is CCCc1nc(-c2ccc(F)cc2)c(C)c(=O)[nH]1. The van der Waals surface area contributed by atoms with Crippen molar-refractivity contribution in [3.8, 4) is 11.3 Å². The molecule has 1 aromatic heterocycles. The number of benzene rings is 1. The molecule has 0 spiro atoms. The zero-order chi connectivity index (χ0) is 13.1. The molecular weight excluding hydrogens is 231 g/mol. The van der Waals surface area contributed by atoms with E-state index in [4.69, 9.17) is 0 Å². The van der Waals surface area contributed by atoms with Crippen molar-refractivity contribution in [1.29, 1.82) is 0 Å². The standard InChI is InChI=1S/C14H15FN2O/c1-3-4-12-16-13(9(2)14(18)17-12)10-5-7-11(15)8-6-10/h5-8H,3-4H2,1-2H3,(H,16,17,18). The second-order valence-corrected chi connectivity index (χ2v) is 4.24. The molecule has 1 aromatic carbocycles. The Hall–Kier alpha value is -1.97. The normalized spacial score (nSPS) is 10.6. The number of rotatable bonds is 3. The van der Waals surface area contributed by atoms with E-state index in [1.165, 1.54) is 12.1 Å². The van der Waals surface area contributed by atoms with Gasteiger partial charge in [-0.2, -0.15) is 0 Å². The lowest BCUT2D eigenvalue weighted by molar-refractivity contribution is 0.628. The molecule has 0 amide bonds. The Kier molecular flexibility index (Phi) is 3.55. The molecule has 0 fully saturated rings. The maximum Gasteiger partial charge on any atom is 0.254 e. The van der Waals surface area contributed by atoms with E-state index in [1.807, 2.05) is 6.92 Å². The summed E-state index contributed by atoms with van der Waals surface area (Å²) < 4.78 is 12.9. The number of hydrogen-bond acceptors (Lipinski definition) is 2. The van der Waals surface area contributed by atoms with Gasteiger partial charge in [0.1, 0.15) is 11.6 Å². The van der Waals surface area contributed by atoms with E-state index < -0.39 is 0 Å². The molecule has 0 aliphatic carbocycles. The molecule has 18 heavy (non-hydrogen) atoms. The van der Waals surface area contributed by atoms with Crippen LogP contribution in [-0.4, -0.2) is 9.97 Å². The van der Waals surface area contributed by atoms with Crippen molar-refractivity contribution in [3.05, 3.63) is 51.8 Å². The van der Waals surface area contributed by atoms with Gasteiger partial charge in [-0.3, -0.25) is 4.79 Å². The van der Waals surface area contributed by atoms with Crippen molar-refractivity contribution in [2.75, 3.05) is 0 Å². The molecule has 0 saturated carbocycles. The summed E-state index contributed by atoms with van der Waals surface area (Å²) in [5, 5.41) is 0. The number of nitrogens with one attached hydrogen (secondary N) is 1. The van der Waals surface area contributed by atoms with Gasteiger partial charge in [0.15, 0.2) is 0 Å². The number of aryl methyl sites for hydroxylation is 1. The number of H-pyrrole nitrogens is 1. The Morgan fingerprint density at radius 3 is 2.56 bits per heavy atom. The second kappa shape index (κ2) is 5.12. The van der Waals surface area contributed by atoms with Gasteiger partial charge in [0.25, 0.3) is 5.56 Å². The summed E-state index contributed by atoms with van der Waals surface area (Å²) in [6.07, 6.45) is 1.64. The van der Waals surface area contributed by atoms with Gasteiger partial charge >= 0.3 is 0 Å². The van der Waals surface area contributed by atoms with Crippen LogP contribution in [-0.2, 0) is 6.42 Å². The molecule has 3 nitrogen and oxygen atoms in total. The van der Waals surface area contributed by atoms with Crippen LogP contribution in [0.1, 0.15) is 24.7 Å². The molecule has 1 N–H and O–H groups in total. The fourth-order valence-electron chi connectivity index (χ4n) is 1.82. The van der Waals surface area contributed by atoms with Crippen molar-refractivity contribution in [1.82, 2.24) is 9.97 Å². The van der Waals surface area contributed by atoms with Crippen LogP contribution >= 0.6 is 0 Å². The average Bonchev–Trinajstić information content (AvgIpc) is 2.35. The van der Waals surface area contributed by atoms with Crippen LogP contribution in [0.15, 0.2) is 29.1 Å². The summed E-state index contributed by atoms with van der Waals surface area (Å²) in [5.41, 5.74) is 1.81. The Labute approximate surface area is 105 Å². The molecule has 0 atom stereocenters. The summed E-state index contributed by atoms with van der Waals surface area (Å²) in [6.45, 7) is 3.75. The summed E-state index contributed by atoms with van der Waals surface area (Å²) in [4.78, 5) is 19.0. The maximum absolute atomic E-state index is 12.9. The largest absolute Gasteiger partial charge is 0.310 e. The number of nitrogens with zero attached hydrogens (tertiary/aromatic N) is 1. The van der Waals surface area contributed by atoms with Crippen molar-refractivity contribution in [2.24, 2.45) is 0 Å². The molecule has 94 valence electrons. The van der Waals surface area contributed by atoms with Crippen LogP contribution in [0.2, 0.25) is 0 Å². The highest BCUT2D eigenvalue weighted by atomic mass is 19.1. The number of halogens is 1. The van der Waals surface area contributed by atoms with Crippen molar-refractivity contribution < 1.29 is 4.39 Å². The molecular formula is C14H15FN2O. The lowest BCUT2D eigenvalue weighted by atomic mass is 10.1. The third-order valence-electron chi connectivity index (χ3n) is 2.80. The Balaban J connectivity index is 2.55. The maximum atomic E-state index is 12.9. The average molecular weight is 246 g/mol. The Bertz CT molecular complexity index is 602. The highest BCUT2D eigenvalue weighted by Gasteiger charge is 2.09. The lowest BCUT2D eigenvalue weighted by Crippen LogP contribution is -2.16. The number of aromatic nitrogens is 2. The topological polar surface area (TPSA) is 45.8 Å². The molecule has 2 aromatic rings. The molecule has 0 radical (unpaired) electrons. The van der Waals surface area contributed by atoms with Gasteiger partial charge in [-0.15, -0.1) is 0 Å². The predicted octanol–water partition coefficient (Wildman–Crippen LogP) is 2.84. The van der Waals surface area contributed by atoms with Crippen molar-refractivity contribution in [2.45, 2.75) is 26.7 Å². The molecule has 0 saturated heterocycles. The molecule has 1 heterocycles. The third kappa shape index (κ3) is 2.47. The first-order chi connectivity index (χ1) is 8.61. The van der Waals surface area contributed by atoms with Gasteiger partial charge in [0.05, 0.1) is 5.69 Å². The number of hydrogen-bond donors (Lipinski definition) is 1. The van der Waals surface area contributed by atoms with Crippen LogP contribution in [0.3, 0.4) is 0 Å². The predicted molar refractivity (Wildman–Crippen MR) is 69.0 cm³/mol. The number of aromatic amines is 1. The minimum absolute atomic E-state index is 0.132. The van der Waals surface area contributed by atoms with Crippen molar-refractivity contribution >= 4 is 0 Å². The van der Waals surface area contributed by atoms with Gasteiger partial charge in [0.2, 0.25) is 0 Å². The van der Waals surface area contributed by atoms with E-state index in [1.54, 1.807) is 19.1 Å². The van der Waals surface area contributed by atoms with Gasteiger partial charge in [-0.1, -0.05) is 6.92 Å². The van der Waals surface area contributed by atoms with E-state index in [0.29, 0.717) is 17.1 Å². The molecule has 4 heteroatoms. The monoisotopic (exact) mass is 246 g/mol. The Morgan fingerprint density at radius 2 is 1.94 bits per heavy atom. The second-order valence-electron chi connectivity index (χ2n) is 4.24. The first kappa shape index (κ1) is 12.5. The highest BCUT2D eigenvalue weighted by Crippen LogP contribution is 2.19. The van der Waals surface area contributed by atoms with Crippen LogP contribution in [0.5, 0.6) is 0 Å².